The number of carbonyl (C=O) groups excluding carboxylic acids is 1. The van der Waals surface area contributed by atoms with Crippen LogP contribution in [0.25, 0.3) is 0 Å². The maximum Gasteiger partial charge on any atom is 0.270 e. The van der Waals surface area contributed by atoms with Crippen molar-refractivity contribution in [2.45, 2.75) is 43.2 Å². The molecule has 11 heteroatoms. The SMILES string of the molecule is Cc1ccc2c(c1)C(NS(=O)(=O)c1nnc(NC(=O)c3ccc(Cl)cc3)s1)CC(C)(C)O2. The number of amides is 1. The van der Waals surface area contributed by atoms with Crippen molar-refractivity contribution in [2.75, 3.05) is 5.32 Å². The summed E-state index contributed by atoms with van der Waals surface area (Å²) >= 11 is 6.61. The number of sulfonamides is 1. The third kappa shape index (κ3) is 4.93. The highest BCUT2D eigenvalue weighted by Gasteiger charge is 2.37. The second kappa shape index (κ2) is 8.43. The summed E-state index contributed by atoms with van der Waals surface area (Å²) in [5.74, 6) is 0.207. The fourth-order valence-electron chi connectivity index (χ4n) is 3.46. The molecule has 1 unspecified atom stereocenters. The van der Waals surface area contributed by atoms with E-state index in [1.807, 2.05) is 39.0 Å². The van der Waals surface area contributed by atoms with Gasteiger partial charge < -0.3 is 4.74 Å². The van der Waals surface area contributed by atoms with Crippen molar-refractivity contribution in [3.63, 3.8) is 0 Å². The highest BCUT2D eigenvalue weighted by Crippen LogP contribution is 2.40. The van der Waals surface area contributed by atoms with Crippen LogP contribution in [0.4, 0.5) is 5.13 Å². The molecule has 32 heavy (non-hydrogen) atoms. The third-order valence-corrected chi connectivity index (χ3v) is 7.81. The molecule has 0 radical (unpaired) electrons. The first-order valence-corrected chi connectivity index (χ1v) is 12.4. The van der Waals surface area contributed by atoms with Gasteiger partial charge in [0.2, 0.25) is 9.47 Å². The average molecular weight is 493 g/mol. The van der Waals surface area contributed by atoms with Gasteiger partial charge in [-0.15, -0.1) is 10.2 Å². The lowest BCUT2D eigenvalue weighted by Crippen LogP contribution is -2.41. The fourth-order valence-corrected chi connectivity index (χ4v) is 5.71. The number of nitrogens with zero attached hydrogens (tertiary/aromatic N) is 2. The Bertz CT molecular complexity index is 1270. The van der Waals surface area contributed by atoms with Gasteiger partial charge in [0, 0.05) is 22.6 Å². The number of hydrogen-bond acceptors (Lipinski definition) is 7. The number of rotatable bonds is 5. The number of hydrogen-bond donors (Lipinski definition) is 2. The van der Waals surface area contributed by atoms with Gasteiger partial charge in [-0.2, -0.15) is 0 Å². The molecule has 2 heterocycles. The molecule has 0 aliphatic carbocycles. The third-order valence-electron chi connectivity index (χ3n) is 4.88. The van der Waals surface area contributed by atoms with E-state index in [4.69, 9.17) is 16.3 Å². The van der Waals surface area contributed by atoms with Gasteiger partial charge in [-0.05, 0) is 51.1 Å². The van der Waals surface area contributed by atoms with Crippen molar-refractivity contribution in [3.05, 3.63) is 64.2 Å². The van der Waals surface area contributed by atoms with Crippen LogP contribution in [0.3, 0.4) is 0 Å². The molecule has 2 N–H and O–H groups in total. The van der Waals surface area contributed by atoms with Crippen molar-refractivity contribution >= 4 is 44.0 Å². The smallest absolute Gasteiger partial charge is 0.270 e. The molecule has 1 aliphatic heterocycles. The Labute approximate surface area is 195 Å². The van der Waals surface area contributed by atoms with Gasteiger partial charge in [-0.1, -0.05) is 40.6 Å². The molecule has 8 nitrogen and oxygen atoms in total. The summed E-state index contributed by atoms with van der Waals surface area (Å²) in [6.45, 7) is 5.75. The van der Waals surface area contributed by atoms with Crippen molar-refractivity contribution in [2.24, 2.45) is 0 Å². The minimum absolute atomic E-state index is 0.0777. The van der Waals surface area contributed by atoms with Crippen LogP contribution in [0.2, 0.25) is 5.02 Å². The number of nitrogens with one attached hydrogen (secondary N) is 2. The second-order valence-corrected chi connectivity index (χ2v) is 11.4. The molecule has 3 aromatic rings. The first-order chi connectivity index (χ1) is 15.0. The lowest BCUT2D eigenvalue weighted by molar-refractivity contribution is 0.0701. The van der Waals surface area contributed by atoms with Gasteiger partial charge in [0.05, 0.1) is 6.04 Å². The Balaban J connectivity index is 1.54. The standard InChI is InChI=1S/C21H21ClN4O4S2/c1-12-4-9-17-15(10-12)16(11-21(2,3)30-17)26-32(28,29)20-25-24-19(31-20)23-18(27)13-5-7-14(22)8-6-13/h4-10,16,26H,11H2,1-3H3,(H,23,24,27). The Morgan fingerprint density at radius 1 is 1.19 bits per heavy atom. The lowest BCUT2D eigenvalue weighted by Gasteiger charge is -2.37. The van der Waals surface area contributed by atoms with E-state index < -0.39 is 27.6 Å². The lowest BCUT2D eigenvalue weighted by atomic mass is 9.89. The number of anilines is 1. The molecule has 1 aromatic heterocycles. The van der Waals surface area contributed by atoms with E-state index in [0.717, 1.165) is 22.5 Å². The summed E-state index contributed by atoms with van der Waals surface area (Å²) in [7, 11) is -3.98. The molecule has 0 spiro atoms. The van der Waals surface area contributed by atoms with Crippen molar-refractivity contribution < 1.29 is 17.9 Å². The number of aryl methyl sites for hydroxylation is 1. The molecule has 0 bridgehead atoms. The first kappa shape index (κ1) is 22.7. The Morgan fingerprint density at radius 2 is 1.91 bits per heavy atom. The van der Waals surface area contributed by atoms with Crippen molar-refractivity contribution in [1.82, 2.24) is 14.9 Å². The van der Waals surface area contributed by atoms with Crippen LogP contribution in [-0.4, -0.2) is 30.1 Å². The van der Waals surface area contributed by atoms with Crippen molar-refractivity contribution in [3.8, 4) is 5.75 Å². The Kier molecular flexibility index (Phi) is 5.97. The number of carbonyl (C=O) groups is 1. The van der Waals surface area contributed by atoms with Crippen LogP contribution in [0.15, 0.2) is 46.8 Å². The molecule has 0 saturated carbocycles. The van der Waals surface area contributed by atoms with E-state index in [9.17, 15) is 13.2 Å². The van der Waals surface area contributed by atoms with Gasteiger partial charge in [-0.25, -0.2) is 13.1 Å². The topological polar surface area (TPSA) is 110 Å². The predicted molar refractivity (Wildman–Crippen MR) is 123 cm³/mol. The largest absolute Gasteiger partial charge is 0.487 e. The Morgan fingerprint density at radius 3 is 2.62 bits per heavy atom. The zero-order valence-corrected chi connectivity index (χ0v) is 19.9. The summed E-state index contributed by atoms with van der Waals surface area (Å²) in [4.78, 5) is 12.3. The van der Waals surface area contributed by atoms with Gasteiger partial charge >= 0.3 is 0 Å². The van der Waals surface area contributed by atoms with E-state index in [1.54, 1.807) is 24.3 Å². The molecule has 2 aromatic carbocycles. The first-order valence-electron chi connectivity index (χ1n) is 9.75. The highest BCUT2D eigenvalue weighted by molar-refractivity contribution is 7.91. The van der Waals surface area contributed by atoms with Crippen LogP contribution < -0.4 is 14.8 Å². The Hall–Kier alpha value is -2.53. The van der Waals surface area contributed by atoms with Crippen LogP contribution in [0.1, 0.15) is 47.8 Å². The van der Waals surface area contributed by atoms with Crippen LogP contribution >= 0.6 is 22.9 Å². The van der Waals surface area contributed by atoms with E-state index >= 15 is 0 Å². The quantitative estimate of drug-likeness (QED) is 0.513. The number of ether oxygens (including phenoxy) is 1. The minimum Gasteiger partial charge on any atom is -0.487 e. The van der Waals surface area contributed by atoms with E-state index in [-0.39, 0.29) is 9.47 Å². The number of fused-ring (bicyclic) bond motifs is 1. The second-order valence-electron chi connectivity index (χ2n) is 8.12. The zero-order valence-electron chi connectivity index (χ0n) is 17.5. The predicted octanol–water partition coefficient (Wildman–Crippen LogP) is 4.33. The molecular weight excluding hydrogens is 472 g/mol. The number of aromatic nitrogens is 2. The summed E-state index contributed by atoms with van der Waals surface area (Å²) in [5.41, 5.74) is 1.59. The molecule has 1 atom stereocenters. The molecule has 4 rings (SSSR count). The summed E-state index contributed by atoms with van der Waals surface area (Å²) in [6.07, 6.45) is 0.446. The van der Waals surface area contributed by atoms with Gasteiger partial charge in [-0.3, -0.25) is 10.1 Å². The fraction of sp³-hybridized carbons (Fsp3) is 0.286. The van der Waals surface area contributed by atoms with Gasteiger partial charge in [0.15, 0.2) is 0 Å². The van der Waals surface area contributed by atoms with E-state index in [0.29, 0.717) is 22.8 Å². The van der Waals surface area contributed by atoms with Crippen LogP contribution in [0, 0.1) is 6.92 Å². The molecule has 168 valence electrons. The van der Waals surface area contributed by atoms with E-state index in [2.05, 4.69) is 20.2 Å². The van der Waals surface area contributed by atoms with Crippen LogP contribution in [0.5, 0.6) is 5.75 Å². The molecule has 0 saturated heterocycles. The van der Waals surface area contributed by atoms with Crippen molar-refractivity contribution in [1.29, 1.82) is 0 Å². The monoisotopic (exact) mass is 492 g/mol. The molecular formula is C21H21ClN4O4S2. The molecule has 0 fully saturated rings. The highest BCUT2D eigenvalue weighted by atomic mass is 35.5. The van der Waals surface area contributed by atoms with Crippen LogP contribution in [-0.2, 0) is 10.0 Å². The number of halogens is 1. The maximum atomic E-state index is 13.0. The normalized spacial score (nSPS) is 17.3. The summed E-state index contributed by atoms with van der Waals surface area (Å²) in [6, 6.07) is 11.5. The summed E-state index contributed by atoms with van der Waals surface area (Å²) < 4.78 is 34.6. The minimum atomic E-state index is -3.98. The van der Waals surface area contributed by atoms with E-state index in [1.165, 1.54) is 0 Å². The summed E-state index contributed by atoms with van der Waals surface area (Å²) in [5, 5.41) is 10.7. The zero-order chi connectivity index (χ0) is 23.1. The average Bonchev–Trinajstić information content (AvgIpc) is 3.18. The number of benzene rings is 2. The van der Waals surface area contributed by atoms with Gasteiger partial charge in [0.1, 0.15) is 11.4 Å². The molecule has 1 aliphatic rings. The maximum absolute atomic E-state index is 13.0. The molecule has 1 amide bonds. The van der Waals surface area contributed by atoms with Gasteiger partial charge in [0.25, 0.3) is 15.9 Å².